The van der Waals surface area contributed by atoms with Crippen molar-refractivity contribution < 1.29 is 9.47 Å². The average Bonchev–Trinajstić information content (AvgIpc) is 2.38. The van der Waals surface area contributed by atoms with Crippen LogP contribution < -0.4 is 11.3 Å². The van der Waals surface area contributed by atoms with E-state index in [0.29, 0.717) is 31.5 Å². The van der Waals surface area contributed by atoms with Gasteiger partial charge in [0.15, 0.2) is 5.82 Å². The first-order valence-electron chi connectivity index (χ1n) is 5.86. The zero-order valence-electron chi connectivity index (χ0n) is 10.0. The van der Waals surface area contributed by atoms with Crippen molar-refractivity contribution in [1.82, 2.24) is 9.97 Å². The molecule has 0 atom stereocenters. The standard InChI is InChI=1S/C11H18N4O2/c1-2-4-16-7-10-13-9-3-5-17-6-8(9)11(14-10)15-12/h2-7,12H2,1H3,(H,13,14,15). The fraction of sp³-hybridized carbons (Fsp3) is 0.636. The second-order valence-corrected chi connectivity index (χ2v) is 3.91. The van der Waals surface area contributed by atoms with Gasteiger partial charge in [-0.05, 0) is 6.42 Å². The van der Waals surface area contributed by atoms with Crippen LogP contribution in [0.2, 0.25) is 0 Å². The van der Waals surface area contributed by atoms with Gasteiger partial charge in [0.1, 0.15) is 12.4 Å². The molecule has 0 amide bonds. The van der Waals surface area contributed by atoms with Crippen LogP contribution >= 0.6 is 0 Å². The van der Waals surface area contributed by atoms with Crippen molar-refractivity contribution >= 4 is 5.82 Å². The van der Waals surface area contributed by atoms with Gasteiger partial charge >= 0.3 is 0 Å². The molecular formula is C11H18N4O2. The SMILES string of the molecule is CCCOCc1nc2c(c(NN)n1)COCC2. The van der Waals surface area contributed by atoms with Crippen molar-refractivity contribution in [3.63, 3.8) is 0 Å². The zero-order valence-corrected chi connectivity index (χ0v) is 10.0. The third-order valence-electron chi connectivity index (χ3n) is 2.59. The molecule has 0 bridgehead atoms. The summed E-state index contributed by atoms with van der Waals surface area (Å²) in [6.07, 6.45) is 1.79. The summed E-state index contributed by atoms with van der Waals surface area (Å²) in [5.41, 5.74) is 4.56. The number of anilines is 1. The minimum Gasteiger partial charge on any atom is -0.376 e. The number of rotatable bonds is 5. The molecule has 0 aromatic carbocycles. The molecule has 0 unspecified atom stereocenters. The summed E-state index contributed by atoms with van der Waals surface area (Å²) < 4.78 is 10.8. The molecule has 1 aliphatic heterocycles. The minimum atomic E-state index is 0.427. The highest BCUT2D eigenvalue weighted by Crippen LogP contribution is 2.21. The molecular weight excluding hydrogens is 220 g/mol. The van der Waals surface area contributed by atoms with Crippen LogP contribution in [0.15, 0.2) is 0 Å². The van der Waals surface area contributed by atoms with Crippen molar-refractivity contribution in [3.05, 3.63) is 17.1 Å². The first-order valence-corrected chi connectivity index (χ1v) is 5.86. The highest BCUT2D eigenvalue weighted by atomic mass is 16.5. The maximum absolute atomic E-state index is 5.46. The number of fused-ring (bicyclic) bond motifs is 1. The van der Waals surface area contributed by atoms with Crippen LogP contribution in [-0.4, -0.2) is 23.2 Å². The summed E-state index contributed by atoms with van der Waals surface area (Å²) in [5.74, 6) is 6.78. The van der Waals surface area contributed by atoms with Crippen LogP contribution in [0.25, 0.3) is 0 Å². The second-order valence-electron chi connectivity index (χ2n) is 3.91. The van der Waals surface area contributed by atoms with E-state index in [1.807, 2.05) is 0 Å². The van der Waals surface area contributed by atoms with Crippen molar-refractivity contribution in [3.8, 4) is 0 Å². The van der Waals surface area contributed by atoms with E-state index in [2.05, 4.69) is 22.3 Å². The minimum absolute atomic E-state index is 0.427. The third-order valence-corrected chi connectivity index (χ3v) is 2.59. The lowest BCUT2D eigenvalue weighted by atomic mass is 10.1. The van der Waals surface area contributed by atoms with Gasteiger partial charge in [0.05, 0.1) is 18.9 Å². The quantitative estimate of drug-likeness (QED) is 0.448. The van der Waals surface area contributed by atoms with Gasteiger partial charge in [-0.3, -0.25) is 0 Å². The zero-order chi connectivity index (χ0) is 12.1. The van der Waals surface area contributed by atoms with Gasteiger partial charge in [-0.15, -0.1) is 0 Å². The summed E-state index contributed by atoms with van der Waals surface area (Å²) in [5, 5.41) is 0. The van der Waals surface area contributed by atoms with Crippen LogP contribution in [0.1, 0.15) is 30.4 Å². The molecule has 1 aromatic heterocycles. The largest absolute Gasteiger partial charge is 0.376 e. The van der Waals surface area contributed by atoms with Crippen LogP contribution in [0.4, 0.5) is 5.82 Å². The fourth-order valence-corrected chi connectivity index (χ4v) is 1.77. The molecule has 0 radical (unpaired) electrons. The van der Waals surface area contributed by atoms with E-state index in [1.54, 1.807) is 0 Å². The molecule has 17 heavy (non-hydrogen) atoms. The predicted molar refractivity (Wildman–Crippen MR) is 63.1 cm³/mol. The fourth-order valence-electron chi connectivity index (χ4n) is 1.77. The van der Waals surface area contributed by atoms with Crippen LogP contribution in [0, 0.1) is 0 Å². The van der Waals surface area contributed by atoms with Crippen molar-refractivity contribution in [2.75, 3.05) is 18.6 Å². The lowest BCUT2D eigenvalue weighted by Gasteiger charge is -2.19. The third kappa shape index (κ3) is 2.91. The van der Waals surface area contributed by atoms with Gasteiger partial charge in [-0.25, -0.2) is 15.8 Å². The van der Waals surface area contributed by atoms with E-state index in [9.17, 15) is 0 Å². The van der Waals surface area contributed by atoms with Gasteiger partial charge in [0.25, 0.3) is 0 Å². The molecule has 0 aliphatic carbocycles. The first kappa shape index (κ1) is 12.2. The number of nitrogens with zero attached hydrogens (tertiary/aromatic N) is 2. The van der Waals surface area contributed by atoms with E-state index in [-0.39, 0.29) is 0 Å². The number of hydrazine groups is 1. The summed E-state index contributed by atoms with van der Waals surface area (Å²) >= 11 is 0. The van der Waals surface area contributed by atoms with Gasteiger partial charge in [0.2, 0.25) is 0 Å². The Morgan fingerprint density at radius 1 is 1.47 bits per heavy atom. The molecule has 1 aliphatic rings. The molecule has 1 aromatic rings. The average molecular weight is 238 g/mol. The topological polar surface area (TPSA) is 82.3 Å². The summed E-state index contributed by atoms with van der Waals surface area (Å²) in [7, 11) is 0. The van der Waals surface area contributed by atoms with E-state index >= 15 is 0 Å². The molecule has 0 fully saturated rings. The summed E-state index contributed by atoms with van der Waals surface area (Å²) in [6, 6.07) is 0. The van der Waals surface area contributed by atoms with Gasteiger partial charge < -0.3 is 14.9 Å². The van der Waals surface area contributed by atoms with Crippen LogP contribution in [-0.2, 0) is 29.1 Å². The lowest BCUT2D eigenvalue weighted by molar-refractivity contribution is 0.105. The molecule has 6 nitrogen and oxygen atoms in total. The molecule has 94 valence electrons. The normalized spacial score (nSPS) is 14.5. The van der Waals surface area contributed by atoms with E-state index in [4.69, 9.17) is 15.3 Å². The monoisotopic (exact) mass is 238 g/mol. The number of nitrogens with two attached hydrogens (primary N) is 1. The molecule has 6 heteroatoms. The van der Waals surface area contributed by atoms with Gasteiger partial charge in [-0.1, -0.05) is 6.92 Å². The number of nitrogen functional groups attached to an aromatic ring is 1. The number of ether oxygens (including phenoxy) is 2. The Morgan fingerprint density at radius 2 is 2.35 bits per heavy atom. The van der Waals surface area contributed by atoms with Crippen molar-refractivity contribution in [1.29, 1.82) is 0 Å². The van der Waals surface area contributed by atoms with Gasteiger partial charge in [-0.2, -0.15) is 0 Å². The van der Waals surface area contributed by atoms with Crippen LogP contribution in [0.3, 0.4) is 0 Å². The Labute approximate surface area is 101 Å². The van der Waals surface area contributed by atoms with Crippen molar-refractivity contribution in [2.45, 2.75) is 33.0 Å². The van der Waals surface area contributed by atoms with E-state index in [0.717, 1.165) is 30.7 Å². The molecule has 0 saturated carbocycles. The maximum atomic E-state index is 5.46. The number of nitrogens with one attached hydrogen (secondary N) is 1. The Hall–Kier alpha value is -1.24. The molecule has 2 heterocycles. The summed E-state index contributed by atoms with van der Waals surface area (Å²) in [6.45, 7) is 4.43. The van der Waals surface area contributed by atoms with E-state index in [1.165, 1.54) is 0 Å². The van der Waals surface area contributed by atoms with E-state index < -0.39 is 0 Å². The molecule has 2 rings (SSSR count). The molecule has 3 N–H and O–H groups in total. The highest BCUT2D eigenvalue weighted by Gasteiger charge is 2.17. The number of hydrogen-bond donors (Lipinski definition) is 2. The van der Waals surface area contributed by atoms with Gasteiger partial charge in [0, 0.05) is 18.6 Å². The Kier molecular flexibility index (Phi) is 4.24. The van der Waals surface area contributed by atoms with Crippen LogP contribution in [0.5, 0.6) is 0 Å². The predicted octanol–water partition coefficient (Wildman–Crippen LogP) is 0.761. The smallest absolute Gasteiger partial charge is 0.156 e. The second kappa shape index (κ2) is 5.90. The molecule has 0 saturated heterocycles. The van der Waals surface area contributed by atoms with Crippen molar-refractivity contribution in [2.24, 2.45) is 5.84 Å². The Bertz CT molecular complexity index is 367. The Balaban J connectivity index is 2.17. The number of aromatic nitrogens is 2. The molecule has 0 spiro atoms. The summed E-state index contributed by atoms with van der Waals surface area (Å²) in [4.78, 5) is 8.81. The first-order chi connectivity index (χ1) is 8.35. The number of hydrogen-bond acceptors (Lipinski definition) is 6. The lowest BCUT2D eigenvalue weighted by Crippen LogP contribution is -2.20. The highest BCUT2D eigenvalue weighted by molar-refractivity contribution is 5.46. The Morgan fingerprint density at radius 3 is 3.12 bits per heavy atom. The maximum Gasteiger partial charge on any atom is 0.156 e.